The second kappa shape index (κ2) is 6.02. The fraction of sp³-hybridized carbons (Fsp3) is 0.417. The summed E-state index contributed by atoms with van der Waals surface area (Å²) in [6, 6.07) is 5.22. The molecule has 94 valence electrons. The van der Waals surface area contributed by atoms with Gasteiger partial charge in [0.1, 0.15) is 5.75 Å². The van der Waals surface area contributed by atoms with E-state index in [-0.39, 0.29) is 17.9 Å². The lowest BCUT2D eigenvalue weighted by Gasteiger charge is -2.15. The van der Waals surface area contributed by atoms with Crippen LogP contribution in [-0.4, -0.2) is 19.1 Å². The molecule has 2 atom stereocenters. The molecule has 1 amide bonds. The molecule has 0 saturated heterocycles. The second-order valence-electron chi connectivity index (χ2n) is 4.02. The monoisotopic (exact) mass is 300 g/mol. The SMILES string of the molecule is COc1cc(Br)cc(NC(=O)C(C)C(C)N)c1. The highest BCUT2D eigenvalue weighted by molar-refractivity contribution is 9.10. The normalized spacial score (nSPS) is 13.9. The summed E-state index contributed by atoms with van der Waals surface area (Å²) >= 11 is 3.35. The van der Waals surface area contributed by atoms with Crippen molar-refractivity contribution in [3.63, 3.8) is 0 Å². The summed E-state index contributed by atoms with van der Waals surface area (Å²) in [5.41, 5.74) is 6.37. The number of hydrogen-bond donors (Lipinski definition) is 2. The standard InChI is InChI=1S/C12H17BrN2O2/c1-7(8(2)14)12(16)15-10-4-9(13)5-11(6-10)17-3/h4-8H,14H2,1-3H3,(H,15,16). The molecule has 0 aliphatic carbocycles. The maximum Gasteiger partial charge on any atom is 0.228 e. The summed E-state index contributed by atoms with van der Waals surface area (Å²) < 4.78 is 5.97. The van der Waals surface area contributed by atoms with E-state index in [9.17, 15) is 4.79 Å². The Kier molecular flexibility index (Phi) is 4.96. The van der Waals surface area contributed by atoms with Crippen molar-refractivity contribution in [3.05, 3.63) is 22.7 Å². The summed E-state index contributed by atoms with van der Waals surface area (Å²) in [7, 11) is 1.58. The van der Waals surface area contributed by atoms with Crippen molar-refractivity contribution in [2.45, 2.75) is 19.9 Å². The first-order valence-electron chi connectivity index (χ1n) is 5.35. The van der Waals surface area contributed by atoms with Gasteiger partial charge >= 0.3 is 0 Å². The zero-order valence-corrected chi connectivity index (χ0v) is 11.7. The minimum atomic E-state index is -0.236. The van der Waals surface area contributed by atoms with Crippen LogP contribution in [0, 0.1) is 5.92 Å². The lowest BCUT2D eigenvalue weighted by atomic mass is 10.0. The lowest BCUT2D eigenvalue weighted by molar-refractivity contribution is -0.119. The van der Waals surface area contributed by atoms with Crippen LogP contribution in [0.25, 0.3) is 0 Å². The average Bonchev–Trinajstić information content (AvgIpc) is 2.26. The number of rotatable bonds is 4. The van der Waals surface area contributed by atoms with Crippen LogP contribution in [0.3, 0.4) is 0 Å². The van der Waals surface area contributed by atoms with Crippen molar-refractivity contribution >= 4 is 27.5 Å². The highest BCUT2D eigenvalue weighted by Crippen LogP contribution is 2.24. The van der Waals surface area contributed by atoms with Gasteiger partial charge in [-0.15, -0.1) is 0 Å². The van der Waals surface area contributed by atoms with E-state index in [1.165, 1.54) is 0 Å². The van der Waals surface area contributed by atoms with Crippen molar-refractivity contribution in [1.29, 1.82) is 0 Å². The molecule has 0 saturated carbocycles. The van der Waals surface area contributed by atoms with Gasteiger partial charge in [0.2, 0.25) is 5.91 Å². The maximum atomic E-state index is 11.8. The molecule has 0 aliphatic rings. The first-order valence-corrected chi connectivity index (χ1v) is 6.14. The number of anilines is 1. The largest absolute Gasteiger partial charge is 0.497 e. The minimum Gasteiger partial charge on any atom is -0.497 e. The molecule has 5 heteroatoms. The Morgan fingerprint density at radius 3 is 2.59 bits per heavy atom. The minimum absolute atomic E-state index is 0.0971. The quantitative estimate of drug-likeness (QED) is 0.897. The third kappa shape index (κ3) is 4.02. The van der Waals surface area contributed by atoms with Crippen molar-refractivity contribution in [3.8, 4) is 5.75 Å². The van der Waals surface area contributed by atoms with Crippen LogP contribution in [0.5, 0.6) is 5.75 Å². The zero-order valence-electron chi connectivity index (χ0n) is 10.2. The van der Waals surface area contributed by atoms with Gasteiger partial charge in [0.15, 0.2) is 0 Å². The van der Waals surface area contributed by atoms with E-state index >= 15 is 0 Å². The predicted octanol–water partition coefficient (Wildman–Crippen LogP) is 2.38. The first-order chi connectivity index (χ1) is 7.93. The summed E-state index contributed by atoms with van der Waals surface area (Å²) in [4.78, 5) is 11.8. The van der Waals surface area contributed by atoms with Crippen LogP contribution in [0.15, 0.2) is 22.7 Å². The number of carbonyl (C=O) groups is 1. The molecule has 17 heavy (non-hydrogen) atoms. The van der Waals surface area contributed by atoms with Crippen LogP contribution >= 0.6 is 15.9 Å². The van der Waals surface area contributed by atoms with E-state index in [2.05, 4.69) is 21.2 Å². The smallest absolute Gasteiger partial charge is 0.228 e. The van der Waals surface area contributed by atoms with Gasteiger partial charge in [-0.25, -0.2) is 0 Å². The fourth-order valence-corrected chi connectivity index (χ4v) is 1.72. The Labute approximate surface area is 110 Å². The van der Waals surface area contributed by atoms with Gasteiger partial charge < -0.3 is 15.8 Å². The van der Waals surface area contributed by atoms with E-state index < -0.39 is 0 Å². The van der Waals surface area contributed by atoms with E-state index in [1.807, 2.05) is 19.1 Å². The third-order valence-corrected chi connectivity index (χ3v) is 3.03. The van der Waals surface area contributed by atoms with E-state index in [1.54, 1.807) is 20.1 Å². The Balaban J connectivity index is 2.81. The van der Waals surface area contributed by atoms with Gasteiger partial charge in [0.05, 0.1) is 13.0 Å². The average molecular weight is 301 g/mol. The fourth-order valence-electron chi connectivity index (χ4n) is 1.25. The molecule has 0 aliphatic heterocycles. The van der Waals surface area contributed by atoms with Gasteiger partial charge in [-0.3, -0.25) is 4.79 Å². The number of amides is 1. The van der Waals surface area contributed by atoms with E-state index in [4.69, 9.17) is 10.5 Å². The van der Waals surface area contributed by atoms with Crippen molar-refractivity contribution in [2.75, 3.05) is 12.4 Å². The molecule has 0 bridgehead atoms. The molecule has 1 aromatic carbocycles. The molecule has 1 aromatic rings. The predicted molar refractivity (Wildman–Crippen MR) is 72.1 cm³/mol. The molecule has 0 radical (unpaired) electrons. The molecule has 0 spiro atoms. The van der Waals surface area contributed by atoms with Crippen molar-refractivity contribution in [2.24, 2.45) is 11.7 Å². The molecule has 0 fully saturated rings. The Morgan fingerprint density at radius 1 is 1.41 bits per heavy atom. The molecular formula is C12H17BrN2O2. The Hall–Kier alpha value is -1.07. The molecule has 4 nitrogen and oxygen atoms in total. The zero-order chi connectivity index (χ0) is 13.0. The van der Waals surface area contributed by atoms with Gasteiger partial charge in [-0.1, -0.05) is 22.9 Å². The maximum absolute atomic E-state index is 11.8. The molecule has 1 rings (SSSR count). The molecule has 3 N–H and O–H groups in total. The highest BCUT2D eigenvalue weighted by atomic mass is 79.9. The topological polar surface area (TPSA) is 64.3 Å². The number of nitrogens with two attached hydrogens (primary N) is 1. The Bertz CT molecular complexity index is 407. The lowest BCUT2D eigenvalue weighted by Crippen LogP contribution is -2.34. The van der Waals surface area contributed by atoms with E-state index in [0.29, 0.717) is 11.4 Å². The number of ether oxygens (including phenoxy) is 1. The number of nitrogens with one attached hydrogen (secondary N) is 1. The summed E-state index contributed by atoms with van der Waals surface area (Å²) in [5.74, 6) is 0.350. The van der Waals surface area contributed by atoms with Gasteiger partial charge in [-0.2, -0.15) is 0 Å². The van der Waals surface area contributed by atoms with Gasteiger partial charge in [-0.05, 0) is 19.1 Å². The van der Waals surface area contributed by atoms with Crippen LogP contribution in [0.2, 0.25) is 0 Å². The summed E-state index contributed by atoms with van der Waals surface area (Å²) in [6.07, 6.45) is 0. The molecule has 0 heterocycles. The van der Waals surface area contributed by atoms with Crippen LogP contribution < -0.4 is 15.8 Å². The van der Waals surface area contributed by atoms with Crippen LogP contribution in [0.1, 0.15) is 13.8 Å². The molecule has 0 aromatic heterocycles. The van der Waals surface area contributed by atoms with E-state index in [0.717, 1.165) is 4.47 Å². The van der Waals surface area contributed by atoms with Crippen molar-refractivity contribution in [1.82, 2.24) is 0 Å². The third-order valence-electron chi connectivity index (χ3n) is 2.58. The van der Waals surface area contributed by atoms with Crippen LogP contribution in [0.4, 0.5) is 5.69 Å². The number of methoxy groups -OCH3 is 1. The van der Waals surface area contributed by atoms with Gasteiger partial charge in [0, 0.05) is 22.3 Å². The number of carbonyl (C=O) groups excluding carboxylic acids is 1. The molecule has 2 unspecified atom stereocenters. The first kappa shape index (κ1) is 14.0. The van der Waals surface area contributed by atoms with Crippen LogP contribution in [-0.2, 0) is 4.79 Å². The Morgan fingerprint density at radius 2 is 2.06 bits per heavy atom. The highest BCUT2D eigenvalue weighted by Gasteiger charge is 2.17. The van der Waals surface area contributed by atoms with Gasteiger partial charge in [0.25, 0.3) is 0 Å². The number of benzene rings is 1. The summed E-state index contributed by atoms with van der Waals surface area (Å²) in [5, 5.41) is 2.81. The van der Waals surface area contributed by atoms with Crippen molar-refractivity contribution < 1.29 is 9.53 Å². The molecular weight excluding hydrogens is 284 g/mol. The number of halogens is 1. The summed E-state index contributed by atoms with van der Waals surface area (Å²) in [6.45, 7) is 3.61. The number of hydrogen-bond acceptors (Lipinski definition) is 3. The second-order valence-corrected chi connectivity index (χ2v) is 4.93.